The summed E-state index contributed by atoms with van der Waals surface area (Å²) >= 11 is 0. The van der Waals surface area contributed by atoms with E-state index in [1.54, 1.807) is 0 Å². The second-order valence-electron chi connectivity index (χ2n) is 4.68. The van der Waals surface area contributed by atoms with Crippen LogP contribution in [0.25, 0.3) is 0 Å². The molecule has 0 aliphatic rings. The van der Waals surface area contributed by atoms with Crippen LogP contribution in [0.2, 0.25) is 0 Å². The van der Waals surface area contributed by atoms with E-state index in [9.17, 15) is 0 Å². The Balaban J connectivity index is 2.43. The Morgan fingerprint density at radius 2 is 0.833 bits per heavy atom. The van der Waals surface area contributed by atoms with E-state index in [1.165, 1.54) is 0 Å². The first-order chi connectivity index (χ1) is 8.59. The predicted molar refractivity (Wildman–Crippen MR) is 76.0 cm³/mol. The molecule has 0 radical (unpaired) electrons. The lowest BCUT2D eigenvalue weighted by atomic mass is 10.1. The summed E-state index contributed by atoms with van der Waals surface area (Å²) in [6.07, 6.45) is 0. The minimum atomic E-state index is 0.972. The molecule has 0 amide bonds. The van der Waals surface area contributed by atoms with E-state index in [0.717, 1.165) is 33.6 Å². The van der Waals surface area contributed by atoms with Gasteiger partial charge in [-0.1, -0.05) is 36.4 Å². The summed E-state index contributed by atoms with van der Waals surface area (Å²) in [5.41, 5.74) is 6.57. The highest BCUT2D eigenvalue weighted by atomic mass is 15.1. The van der Waals surface area contributed by atoms with Crippen molar-refractivity contribution in [3.8, 4) is 0 Å². The second kappa shape index (κ2) is 5.13. The molecule has 0 aliphatic carbocycles. The van der Waals surface area contributed by atoms with Crippen molar-refractivity contribution in [2.45, 2.75) is 27.7 Å². The molecule has 0 fully saturated rings. The molecule has 18 heavy (non-hydrogen) atoms. The van der Waals surface area contributed by atoms with E-state index in [4.69, 9.17) is 0 Å². The molecule has 0 saturated heterocycles. The Labute approximate surface area is 108 Å². The third-order valence-electron chi connectivity index (χ3n) is 3.13. The molecule has 0 unspecified atom stereocenters. The number of benzene rings is 2. The van der Waals surface area contributed by atoms with E-state index in [2.05, 4.69) is 62.2 Å². The van der Waals surface area contributed by atoms with Crippen LogP contribution in [0.4, 0.5) is 11.4 Å². The first-order valence-electron chi connectivity index (χ1n) is 6.14. The van der Waals surface area contributed by atoms with Gasteiger partial charge in [0.05, 0.1) is 11.4 Å². The maximum atomic E-state index is 4.42. The molecular weight excluding hydrogens is 220 g/mol. The molecule has 0 atom stereocenters. The highest BCUT2D eigenvalue weighted by Crippen LogP contribution is 2.28. The second-order valence-corrected chi connectivity index (χ2v) is 4.68. The molecule has 0 aliphatic heterocycles. The van der Waals surface area contributed by atoms with Gasteiger partial charge in [0.2, 0.25) is 0 Å². The van der Waals surface area contributed by atoms with Crippen LogP contribution >= 0.6 is 0 Å². The van der Waals surface area contributed by atoms with Crippen LogP contribution in [0.5, 0.6) is 0 Å². The summed E-state index contributed by atoms with van der Waals surface area (Å²) in [5, 5.41) is 8.84. The van der Waals surface area contributed by atoms with E-state index in [0.29, 0.717) is 0 Å². The van der Waals surface area contributed by atoms with Gasteiger partial charge in [0, 0.05) is 0 Å². The highest BCUT2D eigenvalue weighted by molar-refractivity contribution is 5.54. The summed E-state index contributed by atoms with van der Waals surface area (Å²) < 4.78 is 0. The molecule has 2 rings (SSSR count). The molecule has 92 valence electrons. The number of azo groups is 1. The molecule has 0 aromatic heterocycles. The van der Waals surface area contributed by atoms with Crippen LogP contribution < -0.4 is 0 Å². The van der Waals surface area contributed by atoms with Gasteiger partial charge in [0.25, 0.3) is 0 Å². The topological polar surface area (TPSA) is 24.7 Å². The Morgan fingerprint density at radius 3 is 1.11 bits per heavy atom. The van der Waals surface area contributed by atoms with E-state index in [1.807, 2.05) is 12.1 Å². The standard InChI is InChI=1S/C16H18N2/c1-11-7-5-8-12(2)15(11)17-18-16-13(3)9-6-10-14(16)4/h5-10H,1-4H3. The number of hydrogen-bond donors (Lipinski definition) is 0. The zero-order chi connectivity index (χ0) is 13.1. The summed E-state index contributed by atoms with van der Waals surface area (Å²) in [7, 11) is 0. The molecule has 2 aromatic rings. The van der Waals surface area contributed by atoms with Crippen molar-refractivity contribution in [3.05, 3.63) is 58.7 Å². The first kappa shape index (κ1) is 12.5. The maximum Gasteiger partial charge on any atom is 0.0915 e. The summed E-state index contributed by atoms with van der Waals surface area (Å²) in [5.74, 6) is 0. The van der Waals surface area contributed by atoms with E-state index in [-0.39, 0.29) is 0 Å². The lowest BCUT2D eigenvalue weighted by Gasteiger charge is -2.05. The normalized spacial score (nSPS) is 11.1. The Kier molecular flexibility index (Phi) is 3.56. The summed E-state index contributed by atoms with van der Waals surface area (Å²) in [4.78, 5) is 0. The molecule has 2 heteroatoms. The summed E-state index contributed by atoms with van der Waals surface area (Å²) in [6.45, 7) is 8.25. The SMILES string of the molecule is Cc1cccc(C)c1N=Nc1c(C)cccc1C. The van der Waals surface area contributed by atoms with Crippen LogP contribution in [-0.2, 0) is 0 Å². The largest absolute Gasteiger partial charge is 0.150 e. The summed E-state index contributed by atoms with van der Waals surface area (Å²) in [6, 6.07) is 12.3. The Bertz CT molecular complexity index is 504. The van der Waals surface area contributed by atoms with Gasteiger partial charge in [-0.05, 0) is 49.9 Å². The van der Waals surface area contributed by atoms with Gasteiger partial charge in [0.1, 0.15) is 0 Å². The monoisotopic (exact) mass is 238 g/mol. The Hall–Kier alpha value is -1.96. The third-order valence-corrected chi connectivity index (χ3v) is 3.13. The fraction of sp³-hybridized carbons (Fsp3) is 0.250. The maximum absolute atomic E-state index is 4.42. The van der Waals surface area contributed by atoms with Gasteiger partial charge in [-0.25, -0.2) is 0 Å². The number of nitrogens with zero attached hydrogens (tertiary/aromatic N) is 2. The first-order valence-corrected chi connectivity index (χ1v) is 6.14. The van der Waals surface area contributed by atoms with Crippen LogP contribution in [-0.4, -0.2) is 0 Å². The number of aryl methyl sites for hydroxylation is 4. The van der Waals surface area contributed by atoms with Crippen LogP contribution in [0.1, 0.15) is 22.3 Å². The molecule has 0 spiro atoms. The van der Waals surface area contributed by atoms with Crippen molar-refractivity contribution >= 4 is 11.4 Å². The Morgan fingerprint density at radius 1 is 0.556 bits per heavy atom. The third kappa shape index (κ3) is 2.48. The van der Waals surface area contributed by atoms with Gasteiger partial charge in [-0.15, -0.1) is 10.2 Å². The fourth-order valence-electron chi connectivity index (χ4n) is 2.03. The quantitative estimate of drug-likeness (QED) is 0.631. The zero-order valence-electron chi connectivity index (χ0n) is 11.4. The zero-order valence-corrected chi connectivity index (χ0v) is 11.4. The van der Waals surface area contributed by atoms with Crippen LogP contribution in [0.15, 0.2) is 46.6 Å². The minimum Gasteiger partial charge on any atom is -0.150 e. The molecule has 0 N–H and O–H groups in total. The molecule has 0 bridgehead atoms. The smallest absolute Gasteiger partial charge is 0.0915 e. The highest BCUT2D eigenvalue weighted by Gasteiger charge is 2.02. The van der Waals surface area contributed by atoms with Gasteiger partial charge < -0.3 is 0 Å². The average molecular weight is 238 g/mol. The average Bonchev–Trinajstić information content (AvgIpc) is 2.31. The lowest BCUT2D eigenvalue weighted by molar-refractivity contribution is 1.16. The fourth-order valence-corrected chi connectivity index (χ4v) is 2.03. The van der Waals surface area contributed by atoms with Gasteiger partial charge in [0.15, 0.2) is 0 Å². The van der Waals surface area contributed by atoms with Crippen LogP contribution in [0, 0.1) is 27.7 Å². The van der Waals surface area contributed by atoms with Crippen LogP contribution in [0.3, 0.4) is 0 Å². The van der Waals surface area contributed by atoms with E-state index >= 15 is 0 Å². The molecule has 2 nitrogen and oxygen atoms in total. The number of hydrogen-bond acceptors (Lipinski definition) is 2. The lowest BCUT2D eigenvalue weighted by Crippen LogP contribution is -1.81. The van der Waals surface area contributed by atoms with Gasteiger partial charge in [-0.2, -0.15) is 0 Å². The number of rotatable bonds is 2. The van der Waals surface area contributed by atoms with Gasteiger partial charge in [-0.3, -0.25) is 0 Å². The minimum absolute atomic E-state index is 0.972. The van der Waals surface area contributed by atoms with Crippen molar-refractivity contribution in [3.63, 3.8) is 0 Å². The molecule has 0 heterocycles. The predicted octanol–water partition coefficient (Wildman–Crippen LogP) is 5.34. The molecular formula is C16H18N2. The van der Waals surface area contributed by atoms with Crippen molar-refractivity contribution in [2.75, 3.05) is 0 Å². The van der Waals surface area contributed by atoms with E-state index < -0.39 is 0 Å². The van der Waals surface area contributed by atoms with Crippen molar-refractivity contribution in [1.82, 2.24) is 0 Å². The van der Waals surface area contributed by atoms with Crippen molar-refractivity contribution in [1.29, 1.82) is 0 Å². The van der Waals surface area contributed by atoms with Gasteiger partial charge >= 0.3 is 0 Å². The molecule has 2 aromatic carbocycles. The van der Waals surface area contributed by atoms with Crippen molar-refractivity contribution < 1.29 is 0 Å². The molecule has 0 saturated carbocycles. The van der Waals surface area contributed by atoms with Crippen molar-refractivity contribution in [2.24, 2.45) is 10.2 Å².